The maximum Gasteiger partial charge on any atom is 0.170 e. The molecule has 11 aromatic rings. The number of aromatic hydroxyl groups is 10. The lowest BCUT2D eigenvalue weighted by Gasteiger charge is -2.24. The van der Waals surface area contributed by atoms with E-state index in [0.717, 1.165) is 32.7 Å². The summed E-state index contributed by atoms with van der Waals surface area (Å²) in [7, 11) is 17.8. The van der Waals surface area contributed by atoms with Gasteiger partial charge in [-0.2, -0.15) is 0 Å². The summed E-state index contributed by atoms with van der Waals surface area (Å²) in [5, 5.41) is 120. The first-order valence-corrected chi connectivity index (χ1v) is 19.6. The highest BCUT2D eigenvalue weighted by Crippen LogP contribution is 2.62. The van der Waals surface area contributed by atoms with Crippen LogP contribution < -0.4 is 16.4 Å². The zero-order valence-electron chi connectivity index (χ0n) is 32.9. The van der Waals surface area contributed by atoms with Crippen molar-refractivity contribution < 1.29 is 55.5 Å². The van der Waals surface area contributed by atoms with E-state index in [9.17, 15) is 51.1 Å². The fourth-order valence-corrected chi connectivity index (χ4v) is 9.56. The first-order valence-electron chi connectivity index (χ1n) is 19.6. The molecule has 0 aliphatic carbocycles. The van der Waals surface area contributed by atoms with Crippen molar-refractivity contribution in [2.24, 2.45) is 0 Å². The number of hydrogen-bond donors (Lipinski definition) is 10. The SMILES string of the molecule is [B]c1c([B])c(O)c(-c2c(O)c(O)c3c(-c4c5ccccc5c(-c5cccc6oc7c8ccccc8ccc7c56)c5ccccc45)c(O)c4c(O)c(O)c([B])c(O)c4c3c2O)c(O)c1O. The van der Waals surface area contributed by atoms with Crippen molar-refractivity contribution in [3.8, 4) is 90.9 Å². The second kappa shape index (κ2) is 13.2. The molecule has 0 atom stereocenters. The maximum atomic E-state index is 12.6. The van der Waals surface area contributed by atoms with Crippen molar-refractivity contribution in [1.82, 2.24) is 0 Å². The van der Waals surface area contributed by atoms with Crippen LogP contribution in [0.5, 0.6) is 57.5 Å². The summed E-state index contributed by atoms with van der Waals surface area (Å²) in [5.74, 6) is -10.4. The molecule has 0 fully saturated rings. The standard InChI is InChI=1S/C50H27B3O11/c51-37-38(52)48(62)47(61)36(43(37)57)35-41(55)31-32(44(58)45(35)59)30(40(54)34-33(31)42(56)39(53)49(63)46(34)60)29-22-12-5-3-10-20(22)27(21-11-4-6-13-23(21)29)24-14-7-15-26-28(24)25-17-16-18-8-1-2-9-19(18)50(25)64-26/h1-17,54-63H. The number of phenols is 10. The van der Waals surface area contributed by atoms with Gasteiger partial charge in [-0.1, -0.05) is 102 Å². The van der Waals surface area contributed by atoms with Crippen molar-refractivity contribution in [2.45, 2.75) is 0 Å². The molecular formula is C50H27B3O11. The van der Waals surface area contributed by atoms with Crippen LogP contribution in [0.2, 0.25) is 0 Å². The molecule has 1 aromatic heterocycles. The quantitative estimate of drug-likeness (QED) is 0.0273. The van der Waals surface area contributed by atoms with E-state index in [1.165, 1.54) is 0 Å². The van der Waals surface area contributed by atoms with Gasteiger partial charge in [0.25, 0.3) is 0 Å². The molecule has 10 N–H and O–H groups in total. The zero-order valence-corrected chi connectivity index (χ0v) is 32.9. The third-order valence-corrected chi connectivity index (χ3v) is 12.4. The van der Waals surface area contributed by atoms with Crippen LogP contribution in [0, 0.1) is 0 Å². The van der Waals surface area contributed by atoms with Gasteiger partial charge in [0, 0.05) is 43.4 Å². The van der Waals surface area contributed by atoms with E-state index in [-0.39, 0.29) is 11.1 Å². The van der Waals surface area contributed by atoms with Crippen LogP contribution in [0.3, 0.4) is 0 Å². The topological polar surface area (TPSA) is 215 Å². The molecule has 0 saturated carbocycles. The van der Waals surface area contributed by atoms with Crippen LogP contribution >= 0.6 is 0 Å². The number of rotatable bonds is 3. The van der Waals surface area contributed by atoms with Crippen LogP contribution in [-0.4, -0.2) is 74.6 Å². The smallest absolute Gasteiger partial charge is 0.170 e. The predicted molar refractivity (Wildman–Crippen MR) is 250 cm³/mol. The average Bonchev–Trinajstić information content (AvgIpc) is 3.70. The molecular weight excluding hydrogens is 809 g/mol. The monoisotopic (exact) mass is 836 g/mol. The summed E-state index contributed by atoms with van der Waals surface area (Å²) in [6, 6.07) is 32.1. The average molecular weight is 836 g/mol. The Kier molecular flexibility index (Phi) is 7.95. The number of phenolic OH excluding ortho intramolecular Hbond substituents is 10. The first-order chi connectivity index (χ1) is 30.7. The Morgan fingerprint density at radius 2 is 0.797 bits per heavy atom. The molecule has 0 aliphatic heterocycles. The van der Waals surface area contributed by atoms with Gasteiger partial charge >= 0.3 is 0 Å². The molecule has 6 radical (unpaired) electrons. The van der Waals surface area contributed by atoms with E-state index in [0.29, 0.717) is 32.7 Å². The lowest BCUT2D eigenvalue weighted by molar-refractivity contribution is 0.395. The molecule has 0 unspecified atom stereocenters. The van der Waals surface area contributed by atoms with E-state index >= 15 is 0 Å². The van der Waals surface area contributed by atoms with E-state index in [4.69, 9.17) is 28.0 Å². The van der Waals surface area contributed by atoms with Crippen molar-refractivity contribution in [1.29, 1.82) is 0 Å². The van der Waals surface area contributed by atoms with Gasteiger partial charge in [-0.3, -0.25) is 0 Å². The van der Waals surface area contributed by atoms with Crippen molar-refractivity contribution in [2.75, 3.05) is 0 Å². The Bertz CT molecular complexity index is 3870. The summed E-state index contributed by atoms with van der Waals surface area (Å²) < 4.78 is 6.56. The third kappa shape index (κ3) is 4.79. The molecule has 0 amide bonds. The highest BCUT2D eigenvalue weighted by atomic mass is 16.3. The van der Waals surface area contributed by atoms with E-state index in [2.05, 4.69) is 0 Å². The van der Waals surface area contributed by atoms with Gasteiger partial charge < -0.3 is 55.5 Å². The number of hydrogen-bond acceptors (Lipinski definition) is 11. The summed E-state index contributed by atoms with van der Waals surface area (Å²) in [4.78, 5) is 0. The summed E-state index contributed by atoms with van der Waals surface area (Å²) >= 11 is 0. The highest BCUT2D eigenvalue weighted by Gasteiger charge is 2.35. The highest BCUT2D eigenvalue weighted by molar-refractivity contribution is 6.52. The van der Waals surface area contributed by atoms with Gasteiger partial charge in [0.05, 0.1) is 16.5 Å². The Labute approximate surface area is 364 Å². The largest absolute Gasteiger partial charge is 0.508 e. The van der Waals surface area contributed by atoms with Crippen molar-refractivity contribution in [3.63, 3.8) is 0 Å². The Hall–Kier alpha value is -8.51. The van der Waals surface area contributed by atoms with Gasteiger partial charge in [-0.05, 0) is 55.7 Å². The summed E-state index contributed by atoms with van der Waals surface area (Å²) in [6.45, 7) is 0. The van der Waals surface area contributed by atoms with Gasteiger partial charge in [-0.25, -0.2) is 0 Å². The normalized spacial score (nSPS) is 11.9. The number of benzene rings is 10. The first kappa shape index (κ1) is 38.4. The minimum atomic E-state index is -1.19. The number of fused-ring (bicyclic) bond motifs is 10. The van der Waals surface area contributed by atoms with Gasteiger partial charge in [0.2, 0.25) is 0 Å². The molecule has 11 rings (SSSR count). The Morgan fingerprint density at radius 1 is 0.297 bits per heavy atom. The molecule has 14 heteroatoms. The summed E-state index contributed by atoms with van der Waals surface area (Å²) in [6.07, 6.45) is 0. The van der Waals surface area contributed by atoms with Gasteiger partial charge in [0.1, 0.15) is 57.7 Å². The van der Waals surface area contributed by atoms with E-state index < -0.39 is 107 Å². The second-order valence-corrected chi connectivity index (χ2v) is 15.6. The third-order valence-electron chi connectivity index (χ3n) is 12.4. The molecule has 0 saturated heterocycles. The molecule has 10 aromatic carbocycles. The van der Waals surface area contributed by atoms with Crippen LogP contribution in [0.25, 0.3) is 109 Å². The van der Waals surface area contributed by atoms with E-state index in [1.807, 2.05) is 78.9 Å². The van der Waals surface area contributed by atoms with Gasteiger partial charge in [-0.15, -0.1) is 0 Å². The lowest BCUT2D eigenvalue weighted by Crippen LogP contribution is -2.26. The minimum Gasteiger partial charge on any atom is -0.508 e. The van der Waals surface area contributed by atoms with Crippen LogP contribution in [-0.2, 0) is 0 Å². The van der Waals surface area contributed by atoms with Crippen molar-refractivity contribution in [3.05, 3.63) is 103 Å². The molecule has 64 heavy (non-hydrogen) atoms. The molecule has 1 heterocycles. The number of furan rings is 1. The molecule has 302 valence electrons. The van der Waals surface area contributed by atoms with Crippen molar-refractivity contribution >= 4 is 116 Å². The molecule has 11 nitrogen and oxygen atoms in total. The zero-order chi connectivity index (χ0) is 44.8. The van der Waals surface area contributed by atoms with Crippen LogP contribution in [0.15, 0.2) is 108 Å². The van der Waals surface area contributed by atoms with E-state index in [1.54, 1.807) is 24.3 Å². The predicted octanol–water partition coefficient (Wildman–Crippen LogP) is 7.79. The lowest BCUT2D eigenvalue weighted by atomic mass is 9.76. The maximum absolute atomic E-state index is 12.6. The second-order valence-electron chi connectivity index (χ2n) is 15.6. The Morgan fingerprint density at radius 3 is 1.45 bits per heavy atom. The summed E-state index contributed by atoms with van der Waals surface area (Å²) in [5.41, 5.74) is -1.10. The fourth-order valence-electron chi connectivity index (χ4n) is 9.56. The Balaban J connectivity index is 1.35. The fraction of sp³-hybridized carbons (Fsp3) is 0. The molecule has 0 aliphatic rings. The molecule has 0 spiro atoms. The van der Waals surface area contributed by atoms with Crippen LogP contribution in [0.1, 0.15) is 0 Å². The molecule has 0 bridgehead atoms. The van der Waals surface area contributed by atoms with Gasteiger partial charge in [0.15, 0.2) is 34.5 Å². The van der Waals surface area contributed by atoms with Crippen LogP contribution in [0.4, 0.5) is 0 Å². The minimum absolute atomic E-state index is 0.201.